The first-order chi connectivity index (χ1) is 20.3. The summed E-state index contributed by atoms with van der Waals surface area (Å²) in [7, 11) is 0. The molecule has 0 N–H and O–H groups in total. The number of para-hydroxylation sites is 3. The van der Waals surface area contributed by atoms with Crippen LogP contribution in [-0.4, -0.2) is 16.0 Å². The molecule has 0 saturated carbocycles. The fraction of sp³-hybridized carbons (Fsp3) is 0.0278. The van der Waals surface area contributed by atoms with Gasteiger partial charge in [0.2, 0.25) is 5.69 Å². The summed E-state index contributed by atoms with van der Waals surface area (Å²) in [4.78, 5) is 9.91. The van der Waals surface area contributed by atoms with Gasteiger partial charge in [-0.3, -0.25) is 0 Å². The van der Waals surface area contributed by atoms with Gasteiger partial charge in [-0.2, -0.15) is 23.5 Å². The van der Waals surface area contributed by atoms with Gasteiger partial charge in [0, 0.05) is 56.8 Å². The molecule has 1 aliphatic heterocycles. The molecule has 3 aromatic heterocycles. The third kappa shape index (κ3) is 5.25. The second-order valence-electron chi connectivity index (χ2n) is 9.62. The Morgan fingerprint density at radius 3 is 2.24 bits per heavy atom. The normalized spacial score (nSPS) is 11.6. The third-order valence-corrected chi connectivity index (χ3v) is 8.02. The predicted molar refractivity (Wildman–Crippen MR) is 170 cm³/mol. The summed E-state index contributed by atoms with van der Waals surface area (Å²) < 4.78 is 5.39. The first kappa shape index (κ1) is 27.6. The second kappa shape index (κ2) is 12.1. The van der Waals surface area contributed by atoms with Crippen molar-refractivity contribution in [1.29, 1.82) is 0 Å². The number of aryl methyl sites for hydroxylation is 1. The van der Waals surface area contributed by atoms with Gasteiger partial charge < -0.3 is 4.98 Å². The average Bonchev–Trinajstić information content (AvgIpc) is 3.62. The summed E-state index contributed by atoms with van der Waals surface area (Å²) in [6, 6.07) is 49.0. The number of nitrogens with zero attached hydrogens (tertiary/aromatic N) is 4. The second-order valence-corrected chi connectivity index (χ2v) is 10.6. The van der Waals surface area contributed by atoms with E-state index in [9.17, 15) is 0 Å². The first-order valence-electron chi connectivity index (χ1n) is 13.3. The maximum absolute atomic E-state index is 4.55. The van der Waals surface area contributed by atoms with Crippen molar-refractivity contribution in [2.45, 2.75) is 6.92 Å². The number of hydrogen-bond acceptors (Lipinski definition) is 3. The Balaban J connectivity index is 0.000000191. The molecule has 4 heterocycles. The van der Waals surface area contributed by atoms with Crippen LogP contribution in [0.2, 0.25) is 0 Å². The zero-order valence-electron chi connectivity index (χ0n) is 22.7. The molecule has 0 fully saturated rings. The van der Waals surface area contributed by atoms with Crippen LogP contribution in [0, 0.1) is 19.1 Å². The van der Waals surface area contributed by atoms with Gasteiger partial charge in [0.1, 0.15) is 10.5 Å². The SMILES string of the molecule is C1=[N+](c2ccccc2)c2ccccc2[N+]=1c1[c-]ccc2c1sc1ncccc12.Cc1ccc(-c2[c-]cccc2)nc1.[Ir]. The maximum Gasteiger partial charge on any atom is 0.501 e. The number of pyridine rings is 2. The van der Waals surface area contributed by atoms with Crippen LogP contribution < -0.4 is 9.15 Å². The van der Waals surface area contributed by atoms with Crippen LogP contribution >= 0.6 is 11.3 Å². The summed E-state index contributed by atoms with van der Waals surface area (Å²) in [5.74, 6) is 0. The molecule has 0 saturated heterocycles. The van der Waals surface area contributed by atoms with Crippen molar-refractivity contribution >= 4 is 60.4 Å². The summed E-state index contributed by atoms with van der Waals surface area (Å²) in [5.41, 5.74) is 7.50. The van der Waals surface area contributed by atoms with E-state index in [0.717, 1.165) is 38.8 Å². The van der Waals surface area contributed by atoms with E-state index in [1.807, 2.05) is 80.0 Å². The fourth-order valence-corrected chi connectivity index (χ4v) is 6.03. The van der Waals surface area contributed by atoms with Crippen LogP contribution in [0.4, 0.5) is 22.7 Å². The van der Waals surface area contributed by atoms with Crippen LogP contribution in [0.1, 0.15) is 5.56 Å². The van der Waals surface area contributed by atoms with E-state index >= 15 is 0 Å². The molecule has 7 aromatic rings. The van der Waals surface area contributed by atoms with Gasteiger partial charge in [-0.25, -0.2) is 4.98 Å². The van der Waals surface area contributed by atoms with Crippen molar-refractivity contribution < 1.29 is 20.1 Å². The topological polar surface area (TPSA) is 31.8 Å². The van der Waals surface area contributed by atoms with Crippen LogP contribution in [0.15, 0.2) is 128 Å². The fourth-order valence-electron chi connectivity index (χ4n) is 4.90. The van der Waals surface area contributed by atoms with Gasteiger partial charge in [-0.05, 0) is 38.9 Å². The third-order valence-electron chi connectivity index (χ3n) is 6.89. The molecule has 0 aliphatic carbocycles. The van der Waals surface area contributed by atoms with Gasteiger partial charge in [0.15, 0.2) is 0 Å². The van der Waals surface area contributed by atoms with Gasteiger partial charge >= 0.3 is 6.01 Å². The van der Waals surface area contributed by atoms with E-state index in [4.69, 9.17) is 0 Å². The van der Waals surface area contributed by atoms with Gasteiger partial charge in [0.25, 0.3) is 11.4 Å². The zero-order chi connectivity index (χ0) is 27.6. The van der Waals surface area contributed by atoms with Gasteiger partial charge in [-0.15, -0.1) is 47.3 Å². The molecule has 8 rings (SSSR count). The number of rotatable bonds is 3. The summed E-state index contributed by atoms with van der Waals surface area (Å²) in [6.07, 6.45) is 3.72. The standard InChI is InChI=1S/C24H14N3S.C12H10N.Ir/c1-2-8-17(9-3-1)26-16-27(21-13-5-4-12-20(21)26)22-14-6-10-18-19-11-7-15-25-24(19)28-23(18)22;1-10-7-8-12(13-9-10)11-5-3-2-4-6-11;/h1-13,15H;2-5,7-9H,1H3;/q+1;-1;. The summed E-state index contributed by atoms with van der Waals surface area (Å²) in [6.45, 7) is 2.03. The Kier molecular flexibility index (Phi) is 7.96. The molecule has 4 aromatic carbocycles. The minimum absolute atomic E-state index is 0. The van der Waals surface area contributed by atoms with Crippen LogP contribution in [0.3, 0.4) is 0 Å². The molecule has 0 atom stereocenters. The quantitative estimate of drug-likeness (QED) is 0.134. The Bertz CT molecular complexity index is 2080. The Labute approximate surface area is 262 Å². The van der Waals surface area contributed by atoms with Crippen molar-refractivity contribution in [3.05, 3.63) is 145 Å². The van der Waals surface area contributed by atoms with Crippen LogP contribution in [-0.2, 0) is 20.1 Å². The van der Waals surface area contributed by atoms with E-state index in [1.54, 1.807) is 11.3 Å². The number of hydrogen-bond donors (Lipinski definition) is 0. The van der Waals surface area contributed by atoms with E-state index in [0.29, 0.717) is 0 Å². The maximum atomic E-state index is 4.55. The van der Waals surface area contributed by atoms with E-state index in [-0.39, 0.29) is 20.1 Å². The van der Waals surface area contributed by atoms with Crippen LogP contribution in [0.5, 0.6) is 0 Å². The molecule has 0 unspecified atom stereocenters. The average molecular weight is 737 g/mol. The smallest absolute Gasteiger partial charge is 0.304 e. The Hall–Kier alpha value is -4.57. The summed E-state index contributed by atoms with van der Waals surface area (Å²) in [5, 5.41) is 2.39. The van der Waals surface area contributed by atoms with Crippen LogP contribution in [0.25, 0.3) is 31.6 Å². The number of benzene rings is 4. The molecular weight excluding hydrogens is 713 g/mol. The minimum Gasteiger partial charge on any atom is -0.304 e. The molecule has 0 amide bonds. The van der Waals surface area contributed by atoms with Crippen molar-refractivity contribution in [3.8, 4) is 11.3 Å². The van der Waals surface area contributed by atoms with Gasteiger partial charge in [0.05, 0.1) is 0 Å². The minimum atomic E-state index is 0. The van der Waals surface area contributed by atoms with E-state index in [2.05, 4.69) is 91.9 Å². The molecule has 0 spiro atoms. The zero-order valence-corrected chi connectivity index (χ0v) is 25.9. The molecule has 0 bridgehead atoms. The van der Waals surface area contributed by atoms with Crippen molar-refractivity contribution in [2.24, 2.45) is 0 Å². The molecule has 1 aliphatic rings. The number of aromatic nitrogens is 2. The first-order valence-corrected chi connectivity index (χ1v) is 14.2. The van der Waals surface area contributed by atoms with Crippen molar-refractivity contribution in [1.82, 2.24) is 19.1 Å². The largest absolute Gasteiger partial charge is 0.501 e. The molecule has 42 heavy (non-hydrogen) atoms. The Morgan fingerprint density at radius 2 is 1.48 bits per heavy atom. The molecular formula is C36H24IrN4S. The molecule has 1 radical (unpaired) electrons. The van der Waals surface area contributed by atoms with Gasteiger partial charge in [-0.1, -0.05) is 53.1 Å². The summed E-state index contributed by atoms with van der Waals surface area (Å²) >= 11 is 1.70. The van der Waals surface area contributed by atoms with Crippen molar-refractivity contribution in [2.75, 3.05) is 0 Å². The monoisotopic (exact) mass is 737 g/mol. The molecule has 203 valence electrons. The van der Waals surface area contributed by atoms with E-state index < -0.39 is 0 Å². The van der Waals surface area contributed by atoms with Crippen molar-refractivity contribution in [3.63, 3.8) is 0 Å². The van der Waals surface area contributed by atoms with E-state index in [1.165, 1.54) is 21.0 Å². The Morgan fingerprint density at radius 1 is 0.690 bits per heavy atom. The molecule has 6 heteroatoms. The molecule has 4 nitrogen and oxygen atoms in total. The number of fused-ring (bicyclic) bond motifs is 4. The number of thiophene rings is 1. The predicted octanol–water partition coefficient (Wildman–Crippen LogP) is 8.96.